The number of aldehydes is 1. The molecule has 0 heterocycles. The maximum atomic E-state index is 10.00. The van der Waals surface area contributed by atoms with E-state index in [0.717, 1.165) is 22.1 Å². The first-order chi connectivity index (χ1) is 5.74. The van der Waals surface area contributed by atoms with Crippen LogP contribution in [0.25, 0.3) is 0 Å². The summed E-state index contributed by atoms with van der Waals surface area (Å²) in [5.41, 5.74) is 1.10. The van der Waals surface area contributed by atoms with E-state index in [4.69, 9.17) is 4.74 Å². The molecule has 0 spiro atoms. The lowest BCUT2D eigenvalue weighted by Gasteiger charge is -2.03. The molecule has 0 amide bonds. The molecule has 1 rings (SSSR count). The van der Waals surface area contributed by atoms with Gasteiger partial charge in [-0.1, -0.05) is 15.9 Å². The monoisotopic (exact) mass is 228 g/mol. The predicted molar refractivity (Wildman–Crippen MR) is 50.4 cm³/mol. The van der Waals surface area contributed by atoms with Gasteiger partial charge in [-0.05, 0) is 30.7 Å². The molecule has 0 N–H and O–H groups in total. The van der Waals surface area contributed by atoms with Crippen molar-refractivity contribution in [2.75, 3.05) is 6.61 Å². The van der Waals surface area contributed by atoms with Gasteiger partial charge in [0.25, 0.3) is 0 Å². The highest BCUT2D eigenvalue weighted by Crippen LogP contribution is 2.21. The molecule has 3 heteroatoms. The maximum Gasteiger partial charge on any atom is 0.157 e. The average molecular weight is 229 g/mol. The van der Waals surface area contributed by atoms with Crippen LogP contribution >= 0.6 is 15.9 Å². The van der Waals surface area contributed by atoms with E-state index in [-0.39, 0.29) is 6.61 Å². The van der Waals surface area contributed by atoms with Gasteiger partial charge in [-0.3, -0.25) is 4.79 Å². The molecule has 0 unspecified atom stereocenters. The van der Waals surface area contributed by atoms with Crippen molar-refractivity contribution in [3.63, 3.8) is 0 Å². The minimum atomic E-state index is 0.112. The fraction of sp³-hybridized carbons (Fsp3) is 0.222. The van der Waals surface area contributed by atoms with Crippen molar-refractivity contribution in [2.24, 2.45) is 0 Å². The van der Waals surface area contributed by atoms with Gasteiger partial charge < -0.3 is 4.74 Å². The standard InChI is InChI=1S/C9H9BrO2/c1-7-6-8(12-5-4-11)2-3-9(7)10/h2-4,6H,5H2,1H3. The number of aryl methyl sites for hydroxylation is 1. The van der Waals surface area contributed by atoms with E-state index >= 15 is 0 Å². The summed E-state index contributed by atoms with van der Waals surface area (Å²) in [7, 11) is 0. The molecule has 1 aromatic carbocycles. The van der Waals surface area contributed by atoms with Gasteiger partial charge in [0.15, 0.2) is 6.29 Å². The first-order valence-electron chi connectivity index (χ1n) is 3.56. The highest BCUT2D eigenvalue weighted by atomic mass is 79.9. The number of hydrogen-bond donors (Lipinski definition) is 0. The molecule has 64 valence electrons. The summed E-state index contributed by atoms with van der Waals surface area (Å²) in [5, 5.41) is 0. The van der Waals surface area contributed by atoms with Crippen LogP contribution in [0.4, 0.5) is 0 Å². The van der Waals surface area contributed by atoms with Gasteiger partial charge in [-0.25, -0.2) is 0 Å². The smallest absolute Gasteiger partial charge is 0.157 e. The lowest BCUT2D eigenvalue weighted by molar-refractivity contribution is -0.109. The van der Waals surface area contributed by atoms with Crippen molar-refractivity contribution < 1.29 is 9.53 Å². The van der Waals surface area contributed by atoms with Crippen LogP contribution in [0, 0.1) is 6.92 Å². The second-order valence-electron chi connectivity index (χ2n) is 2.39. The SMILES string of the molecule is Cc1cc(OCC=O)ccc1Br. The first-order valence-corrected chi connectivity index (χ1v) is 4.36. The lowest BCUT2D eigenvalue weighted by atomic mass is 10.2. The molecule has 2 nitrogen and oxygen atoms in total. The Kier molecular flexibility index (Phi) is 3.29. The number of benzene rings is 1. The van der Waals surface area contributed by atoms with Crippen LogP contribution in [0.15, 0.2) is 22.7 Å². The number of carbonyl (C=O) groups excluding carboxylic acids is 1. The molecule has 0 fully saturated rings. The topological polar surface area (TPSA) is 26.3 Å². The quantitative estimate of drug-likeness (QED) is 0.743. The minimum Gasteiger partial charge on any atom is -0.486 e. The Hall–Kier alpha value is -0.830. The summed E-state index contributed by atoms with van der Waals surface area (Å²) in [4.78, 5) is 10.00. The van der Waals surface area contributed by atoms with Crippen LogP contribution in [0.3, 0.4) is 0 Å². The van der Waals surface area contributed by atoms with Crippen LogP contribution < -0.4 is 4.74 Å². The molecule has 0 aliphatic rings. The van der Waals surface area contributed by atoms with Crippen molar-refractivity contribution in [3.8, 4) is 5.75 Å². The molecule has 0 aromatic heterocycles. The zero-order chi connectivity index (χ0) is 8.97. The second-order valence-corrected chi connectivity index (χ2v) is 3.24. The Bertz CT molecular complexity index is 284. The summed E-state index contributed by atoms with van der Waals surface area (Å²) in [6, 6.07) is 5.60. The number of carbonyl (C=O) groups is 1. The molecule has 0 saturated heterocycles. The van der Waals surface area contributed by atoms with Crippen LogP contribution in [-0.2, 0) is 4.79 Å². The van der Waals surface area contributed by atoms with Crippen LogP contribution in [-0.4, -0.2) is 12.9 Å². The zero-order valence-electron chi connectivity index (χ0n) is 6.71. The van der Waals surface area contributed by atoms with Crippen LogP contribution in [0.1, 0.15) is 5.56 Å². The first kappa shape index (κ1) is 9.26. The highest BCUT2D eigenvalue weighted by Gasteiger charge is 1.96. The Morgan fingerprint density at radius 1 is 1.58 bits per heavy atom. The fourth-order valence-electron chi connectivity index (χ4n) is 0.837. The molecule has 12 heavy (non-hydrogen) atoms. The van der Waals surface area contributed by atoms with E-state index in [1.54, 1.807) is 0 Å². The molecule has 0 radical (unpaired) electrons. The molecule has 0 saturated carbocycles. The minimum absolute atomic E-state index is 0.112. The number of hydrogen-bond acceptors (Lipinski definition) is 2. The van der Waals surface area contributed by atoms with Gasteiger partial charge >= 0.3 is 0 Å². The molecule has 1 aromatic rings. The van der Waals surface area contributed by atoms with E-state index in [9.17, 15) is 4.79 Å². The molecule has 0 atom stereocenters. The van der Waals surface area contributed by atoms with E-state index < -0.39 is 0 Å². The summed E-state index contributed by atoms with van der Waals surface area (Å²) in [6.07, 6.45) is 0.734. The van der Waals surface area contributed by atoms with Gasteiger partial charge in [0.05, 0.1) is 0 Å². The Labute approximate surface area is 79.7 Å². The van der Waals surface area contributed by atoms with Crippen molar-refractivity contribution in [2.45, 2.75) is 6.92 Å². The van der Waals surface area contributed by atoms with Crippen molar-refractivity contribution in [3.05, 3.63) is 28.2 Å². The van der Waals surface area contributed by atoms with E-state index in [1.807, 2.05) is 25.1 Å². The molecule has 0 aliphatic heterocycles. The van der Waals surface area contributed by atoms with Gasteiger partial charge in [0, 0.05) is 4.47 Å². The fourth-order valence-corrected chi connectivity index (χ4v) is 1.08. The lowest BCUT2D eigenvalue weighted by Crippen LogP contribution is -1.97. The summed E-state index contributed by atoms with van der Waals surface area (Å²) >= 11 is 3.37. The third-order valence-electron chi connectivity index (χ3n) is 1.45. The summed E-state index contributed by atoms with van der Waals surface area (Å²) in [5.74, 6) is 0.725. The Morgan fingerprint density at radius 3 is 2.92 bits per heavy atom. The van der Waals surface area contributed by atoms with Gasteiger partial charge in [0.1, 0.15) is 12.4 Å². The van der Waals surface area contributed by atoms with Crippen molar-refractivity contribution >= 4 is 22.2 Å². The van der Waals surface area contributed by atoms with Crippen molar-refractivity contribution in [1.82, 2.24) is 0 Å². The maximum absolute atomic E-state index is 10.00. The summed E-state index contributed by atoms with van der Waals surface area (Å²) < 4.78 is 6.14. The Balaban J connectivity index is 2.75. The number of ether oxygens (including phenoxy) is 1. The predicted octanol–water partition coefficient (Wildman–Crippen LogP) is 2.34. The average Bonchev–Trinajstić information content (AvgIpc) is 2.07. The zero-order valence-corrected chi connectivity index (χ0v) is 8.30. The molecular formula is C9H9BrO2. The molecule has 0 aliphatic carbocycles. The second kappa shape index (κ2) is 4.26. The van der Waals surface area contributed by atoms with Gasteiger partial charge in [-0.15, -0.1) is 0 Å². The van der Waals surface area contributed by atoms with E-state index in [0.29, 0.717) is 0 Å². The number of halogens is 1. The third kappa shape index (κ3) is 2.34. The number of rotatable bonds is 3. The van der Waals surface area contributed by atoms with Gasteiger partial charge in [-0.2, -0.15) is 0 Å². The third-order valence-corrected chi connectivity index (χ3v) is 2.34. The normalized spacial score (nSPS) is 9.50. The Morgan fingerprint density at radius 2 is 2.33 bits per heavy atom. The summed E-state index contributed by atoms with van der Waals surface area (Å²) in [6.45, 7) is 2.08. The molecule has 0 bridgehead atoms. The van der Waals surface area contributed by atoms with E-state index in [1.165, 1.54) is 0 Å². The van der Waals surface area contributed by atoms with Crippen LogP contribution in [0.2, 0.25) is 0 Å². The van der Waals surface area contributed by atoms with Crippen molar-refractivity contribution in [1.29, 1.82) is 0 Å². The largest absolute Gasteiger partial charge is 0.486 e. The molecular weight excluding hydrogens is 220 g/mol. The van der Waals surface area contributed by atoms with Gasteiger partial charge in [0.2, 0.25) is 0 Å². The highest BCUT2D eigenvalue weighted by molar-refractivity contribution is 9.10. The van der Waals surface area contributed by atoms with Crippen LogP contribution in [0.5, 0.6) is 5.75 Å². The van der Waals surface area contributed by atoms with E-state index in [2.05, 4.69) is 15.9 Å².